The lowest BCUT2D eigenvalue weighted by Crippen LogP contribution is -2.47. The van der Waals surface area contributed by atoms with Gasteiger partial charge in [0.15, 0.2) is 0 Å². The van der Waals surface area contributed by atoms with Crippen LogP contribution in [0.4, 0.5) is 0 Å². The maximum Gasteiger partial charge on any atom is 0.224 e. The largest absolute Gasteiger partial charge is 0.381 e. The van der Waals surface area contributed by atoms with Crippen LogP contribution in [0.3, 0.4) is 0 Å². The predicted molar refractivity (Wildman–Crippen MR) is 66.8 cm³/mol. The van der Waals surface area contributed by atoms with Gasteiger partial charge in [-0.25, -0.2) is 0 Å². The maximum absolute atomic E-state index is 12.2. The van der Waals surface area contributed by atoms with Crippen molar-refractivity contribution in [3.63, 3.8) is 0 Å². The van der Waals surface area contributed by atoms with E-state index in [1.165, 1.54) is 6.42 Å². The molecule has 0 saturated carbocycles. The molecule has 0 aliphatic carbocycles. The van der Waals surface area contributed by atoms with Crippen LogP contribution in [-0.4, -0.2) is 49.2 Å². The Kier molecular flexibility index (Phi) is 4.40. The van der Waals surface area contributed by atoms with Gasteiger partial charge in [-0.05, 0) is 39.2 Å². The highest BCUT2D eigenvalue weighted by atomic mass is 16.5. The highest BCUT2D eigenvalue weighted by Crippen LogP contribution is 2.21. The first kappa shape index (κ1) is 12.8. The summed E-state index contributed by atoms with van der Waals surface area (Å²) in [5.74, 6) is 0.312. The fraction of sp³-hybridized carbons (Fsp3) is 0.923. The molecule has 98 valence electrons. The SMILES string of the molecule is COC1CCN(C(=O)CC2CCCN2)C(C)C1. The lowest BCUT2D eigenvalue weighted by Gasteiger charge is -2.37. The molecular weight excluding hydrogens is 216 g/mol. The number of hydrogen-bond acceptors (Lipinski definition) is 3. The molecule has 1 N–H and O–H groups in total. The van der Waals surface area contributed by atoms with Crippen LogP contribution >= 0.6 is 0 Å². The van der Waals surface area contributed by atoms with Gasteiger partial charge in [0.1, 0.15) is 0 Å². The van der Waals surface area contributed by atoms with Gasteiger partial charge < -0.3 is 15.0 Å². The van der Waals surface area contributed by atoms with E-state index in [0.717, 1.165) is 32.4 Å². The van der Waals surface area contributed by atoms with Gasteiger partial charge in [0.05, 0.1) is 6.10 Å². The molecule has 0 radical (unpaired) electrons. The van der Waals surface area contributed by atoms with Crippen molar-refractivity contribution in [3.8, 4) is 0 Å². The molecule has 0 bridgehead atoms. The monoisotopic (exact) mass is 240 g/mol. The molecule has 2 rings (SSSR count). The highest BCUT2D eigenvalue weighted by molar-refractivity contribution is 5.77. The number of amides is 1. The third-order valence-corrected chi connectivity index (χ3v) is 4.07. The molecule has 3 atom stereocenters. The first-order chi connectivity index (χ1) is 8.20. The molecule has 17 heavy (non-hydrogen) atoms. The van der Waals surface area contributed by atoms with Crippen molar-refractivity contribution in [2.24, 2.45) is 0 Å². The smallest absolute Gasteiger partial charge is 0.224 e. The number of hydrogen-bond donors (Lipinski definition) is 1. The first-order valence-corrected chi connectivity index (χ1v) is 6.76. The van der Waals surface area contributed by atoms with Gasteiger partial charge in [-0.2, -0.15) is 0 Å². The Hall–Kier alpha value is -0.610. The third-order valence-electron chi connectivity index (χ3n) is 4.07. The van der Waals surface area contributed by atoms with Crippen LogP contribution < -0.4 is 5.32 Å². The van der Waals surface area contributed by atoms with Gasteiger partial charge in [-0.1, -0.05) is 0 Å². The van der Waals surface area contributed by atoms with E-state index in [2.05, 4.69) is 12.2 Å². The summed E-state index contributed by atoms with van der Waals surface area (Å²) in [6.07, 6.45) is 5.31. The topological polar surface area (TPSA) is 41.6 Å². The maximum atomic E-state index is 12.2. The van der Waals surface area contributed by atoms with Gasteiger partial charge in [-0.15, -0.1) is 0 Å². The molecule has 0 aromatic heterocycles. The number of carbonyl (C=O) groups is 1. The van der Waals surface area contributed by atoms with Gasteiger partial charge in [0.25, 0.3) is 0 Å². The molecule has 1 amide bonds. The van der Waals surface area contributed by atoms with Crippen LogP contribution in [0.5, 0.6) is 0 Å². The number of likely N-dealkylation sites (tertiary alicyclic amines) is 1. The van der Waals surface area contributed by atoms with E-state index in [0.29, 0.717) is 30.5 Å². The molecule has 2 aliphatic rings. The number of nitrogens with zero attached hydrogens (tertiary/aromatic N) is 1. The summed E-state index contributed by atoms with van der Waals surface area (Å²) in [5, 5.41) is 3.39. The Morgan fingerprint density at radius 2 is 2.29 bits per heavy atom. The van der Waals surface area contributed by atoms with Crippen LogP contribution in [0.1, 0.15) is 39.0 Å². The number of ether oxygens (including phenoxy) is 1. The molecule has 3 unspecified atom stereocenters. The highest BCUT2D eigenvalue weighted by Gasteiger charge is 2.30. The van der Waals surface area contributed by atoms with Crippen molar-refractivity contribution in [1.29, 1.82) is 0 Å². The summed E-state index contributed by atoms with van der Waals surface area (Å²) in [5.41, 5.74) is 0. The Bertz CT molecular complexity index is 264. The Morgan fingerprint density at radius 3 is 2.88 bits per heavy atom. The van der Waals surface area contributed by atoms with Crippen molar-refractivity contribution in [2.45, 2.75) is 57.2 Å². The second kappa shape index (κ2) is 5.83. The molecule has 0 spiro atoms. The lowest BCUT2D eigenvalue weighted by atomic mass is 9.99. The summed E-state index contributed by atoms with van der Waals surface area (Å²) in [4.78, 5) is 14.2. The molecule has 2 saturated heterocycles. The average molecular weight is 240 g/mol. The Labute approximate surface area is 104 Å². The second-order valence-electron chi connectivity index (χ2n) is 5.32. The number of rotatable bonds is 3. The third kappa shape index (κ3) is 3.19. The molecule has 2 fully saturated rings. The zero-order valence-electron chi connectivity index (χ0n) is 10.9. The minimum absolute atomic E-state index is 0.312. The molecule has 2 aliphatic heterocycles. The molecule has 4 nitrogen and oxygen atoms in total. The summed E-state index contributed by atoms with van der Waals surface area (Å²) in [6, 6.07) is 0.734. The normalized spacial score (nSPS) is 34.0. The van der Waals surface area contributed by atoms with Crippen molar-refractivity contribution in [2.75, 3.05) is 20.2 Å². The van der Waals surface area contributed by atoms with Gasteiger partial charge >= 0.3 is 0 Å². The van der Waals surface area contributed by atoms with Gasteiger partial charge in [-0.3, -0.25) is 4.79 Å². The van der Waals surface area contributed by atoms with Crippen LogP contribution in [0.15, 0.2) is 0 Å². The number of nitrogens with one attached hydrogen (secondary N) is 1. The number of methoxy groups -OCH3 is 1. The first-order valence-electron chi connectivity index (χ1n) is 6.76. The van der Waals surface area contributed by atoms with E-state index in [-0.39, 0.29) is 0 Å². The van der Waals surface area contributed by atoms with Crippen LogP contribution in [-0.2, 0) is 9.53 Å². The van der Waals surface area contributed by atoms with Gasteiger partial charge in [0, 0.05) is 32.2 Å². The summed E-state index contributed by atoms with van der Waals surface area (Å²) in [6.45, 7) is 4.05. The fourth-order valence-corrected chi connectivity index (χ4v) is 2.97. The number of piperidine rings is 1. The predicted octanol–water partition coefficient (Wildman–Crippen LogP) is 1.15. The van der Waals surface area contributed by atoms with Crippen LogP contribution in [0.2, 0.25) is 0 Å². The van der Waals surface area contributed by atoms with E-state index < -0.39 is 0 Å². The molecule has 4 heteroatoms. The van der Waals surface area contributed by atoms with Crippen LogP contribution in [0.25, 0.3) is 0 Å². The van der Waals surface area contributed by atoms with Crippen molar-refractivity contribution >= 4 is 5.91 Å². The van der Waals surface area contributed by atoms with Gasteiger partial charge in [0.2, 0.25) is 5.91 Å². The molecule has 0 aromatic rings. The van der Waals surface area contributed by atoms with Crippen molar-refractivity contribution in [1.82, 2.24) is 10.2 Å². The Balaban J connectivity index is 1.82. The summed E-state index contributed by atoms with van der Waals surface area (Å²) in [7, 11) is 1.76. The van der Waals surface area contributed by atoms with E-state index in [1.54, 1.807) is 7.11 Å². The fourth-order valence-electron chi connectivity index (χ4n) is 2.97. The van der Waals surface area contributed by atoms with E-state index in [4.69, 9.17) is 4.74 Å². The zero-order chi connectivity index (χ0) is 12.3. The minimum Gasteiger partial charge on any atom is -0.381 e. The Morgan fingerprint density at radius 1 is 1.47 bits per heavy atom. The van der Waals surface area contributed by atoms with E-state index in [1.807, 2.05) is 4.90 Å². The standard InChI is InChI=1S/C13H24N2O2/c1-10-8-12(17-2)5-7-15(10)13(16)9-11-4-3-6-14-11/h10-12,14H,3-9H2,1-2H3. The second-order valence-corrected chi connectivity index (χ2v) is 5.32. The van der Waals surface area contributed by atoms with Crippen LogP contribution in [0, 0.1) is 0 Å². The summed E-state index contributed by atoms with van der Waals surface area (Å²) < 4.78 is 5.37. The zero-order valence-corrected chi connectivity index (χ0v) is 10.9. The number of carbonyl (C=O) groups excluding carboxylic acids is 1. The molecular formula is C13H24N2O2. The van der Waals surface area contributed by atoms with E-state index in [9.17, 15) is 4.79 Å². The minimum atomic E-state index is 0.312. The van der Waals surface area contributed by atoms with E-state index >= 15 is 0 Å². The summed E-state index contributed by atoms with van der Waals surface area (Å²) >= 11 is 0. The lowest BCUT2D eigenvalue weighted by molar-refractivity contribution is -0.137. The van der Waals surface area contributed by atoms with Crippen molar-refractivity contribution < 1.29 is 9.53 Å². The quantitative estimate of drug-likeness (QED) is 0.804. The van der Waals surface area contributed by atoms with Crippen molar-refractivity contribution in [3.05, 3.63) is 0 Å². The molecule has 0 aromatic carbocycles. The molecule has 2 heterocycles. The average Bonchev–Trinajstić information content (AvgIpc) is 2.81.